The average Bonchev–Trinajstić information content (AvgIpc) is 2.39. The van der Waals surface area contributed by atoms with Gasteiger partial charge in [-0.3, -0.25) is 9.69 Å². The minimum absolute atomic E-state index is 0.0299. The van der Waals surface area contributed by atoms with Gasteiger partial charge in [0.05, 0.1) is 5.56 Å². The summed E-state index contributed by atoms with van der Waals surface area (Å²) in [5.41, 5.74) is 0.372. The van der Waals surface area contributed by atoms with Crippen LogP contribution in [0.1, 0.15) is 10.4 Å². The summed E-state index contributed by atoms with van der Waals surface area (Å²) in [6.07, 6.45) is 0. The molecule has 6 heteroatoms. The van der Waals surface area contributed by atoms with Crippen LogP contribution in [0.4, 0.5) is 0 Å². The molecule has 2 rings (SSSR count). The van der Waals surface area contributed by atoms with E-state index in [0.717, 1.165) is 29.4 Å². The minimum Gasteiger partial charge on any atom is -0.507 e. The summed E-state index contributed by atoms with van der Waals surface area (Å²) >= 11 is 6.69. The molecule has 0 spiro atoms. The lowest BCUT2D eigenvalue weighted by atomic mass is 10.1. The third-order valence-electron chi connectivity index (χ3n) is 3.25. The highest BCUT2D eigenvalue weighted by atomic mass is 79.9. The predicted molar refractivity (Wildman–Crippen MR) is 81.9 cm³/mol. The summed E-state index contributed by atoms with van der Waals surface area (Å²) < 4.78 is 0.767. The Kier molecular flexibility index (Phi) is 5.24. The van der Waals surface area contributed by atoms with Crippen LogP contribution in [0.3, 0.4) is 0 Å². The molecule has 104 valence electrons. The number of hydrogen-bond donors (Lipinski definition) is 1. The molecule has 1 amide bonds. The normalized spacial score (nSPS) is 16.6. The van der Waals surface area contributed by atoms with Crippen molar-refractivity contribution in [2.75, 3.05) is 38.1 Å². The van der Waals surface area contributed by atoms with Crippen LogP contribution >= 0.6 is 31.9 Å². The molecule has 4 nitrogen and oxygen atoms in total. The Bertz CT molecular complexity index is 460. The number of aromatic hydroxyl groups is 1. The second-order valence-corrected chi connectivity index (χ2v) is 6.19. The Morgan fingerprint density at radius 2 is 1.95 bits per heavy atom. The zero-order valence-electron chi connectivity index (χ0n) is 10.5. The second kappa shape index (κ2) is 6.72. The molecule has 0 bridgehead atoms. The third-order valence-corrected chi connectivity index (χ3v) is 4.10. The van der Waals surface area contributed by atoms with Crippen molar-refractivity contribution in [3.8, 4) is 5.75 Å². The van der Waals surface area contributed by atoms with Crippen LogP contribution < -0.4 is 0 Å². The van der Waals surface area contributed by atoms with Gasteiger partial charge in [0, 0.05) is 42.5 Å². The van der Waals surface area contributed by atoms with E-state index in [9.17, 15) is 9.90 Å². The van der Waals surface area contributed by atoms with Gasteiger partial charge in [0.2, 0.25) is 0 Å². The fraction of sp³-hybridized carbons (Fsp3) is 0.462. The first kappa shape index (κ1) is 14.8. The molecule has 0 atom stereocenters. The van der Waals surface area contributed by atoms with E-state index in [1.54, 1.807) is 23.1 Å². The number of phenols is 1. The summed E-state index contributed by atoms with van der Waals surface area (Å²) in [5.74, 6) is -0.0641. The molecule has 0 saturated carbocycles. The van der Waals surface area contributed by atoms with Gasteiger partial charge in [0.15, 0.2) is 0 Å². The van der Waals surface area contributed by atoms with E-state index in [1.807, 2.05) is 0 Å². The number of piperazine rings is 1. The predicted octanol–water partition coefficient (Wildman–Crippen LogP) is 2.31. The fourth-order valence-corrected chi connectivity index (χ4v) is 3.00. The standard InChI is InChI=1S/C13H16Br2N2O2/c14-3-4-16-5-7-17(8-6-16)13(19)11-2-1-10(15)9-12(11)18/h1-2,9,18H,3-8H2. The van der Waals surface area contributed by atoms with Gasteiger partial charge in [-0.15, -0.1) is 0 Å². The highest BCUT2D eigenvalue weighted by Crippen LogP contribution is 2.24. The number of benzene rings is 1. The van der Waals surface area contributed by atoms with Crippen molar-refractivity contribution >= 4 is 37.8 Å². The zero-order valence-corrected chi connectivity index (χ0v) is 13.7. The van der Waals surface area contributed by atoms with E-state index >= 15 is 0 Å². The molecule has 1 fully saturated rings. The maximum atomic E-state index is 12.3. The summed E-state index contributed by atoms with van der Waals surface area (Å²) in [4.78, 5) is 16.4. The molecule has 1 saturated heterocycles. The van der Waals surface area contributed by atoms with E-state index in [1.165, 1.54) is 0 Å². The van der Waals surface area contributed by atoms with Gasteiger partial charge >= 0.3 is 0 Å². The number of rotatable bonds is 3. The molecule has 0 radical (unpaired) electrons. The van der Waals surface area contributed by atoms with Crippen LogP contribution in [0.15, 0.2) is 22.7 Å². The van der Waals surface area contributed by atoms with Crippen molar-refractivity contribution in [2.24, 2.45) is 0 Å². The van der Waals surface area contributed by atoms with Gasteiger partial charge in [-0.05, 0) is 18.2 Å². The van der Waals surface area contributed by atoms with Gasteiger partial charge in [-0.2, -0.15) is 0 Å². The molecule has 1 aromatic carbocycles. The summed E-state index contributed by atoms with van der Waals surface area (Å²) in [6, 6.07) is 4.98. The smallest absolute Gasteiger partial charge is 0.257 e. The summed E-state index contributed by atoms with van der Waals surface area (Å²) in [5, 5.41) is 10.8. The number of phenolic OH excluding ortho intramolecular Hbond substituents is 1. The largest absolute Gasteiger partial charge is 0.507 e. The average molecular weight is 392 g/mol. The first-order valence-electron chi connectivity index (χ1n) is 6.18. The molecule has 0 unspecified atom stereocenters. The summed E-state index contributed by atoms with van der Waals surface area (Å²) in [6.45, 7) is 4.19. The topological polar surface area (TPSA) is 43.8 Å². The Hall–Kier alpha value is -0.590. The number of alkyl halides is 1. The lowest BCUT2D eigenvalue weighted by Crippen LogP contribution is -2.49. The Morgan fingerprint density at radius 3 is 2.53 bits per heavy atom. The van der Waals surface area contributed by atoms with Gasteiger partial charge in [0.25, 0.3) is 5.91 Å². The van der Waals surface area contributed by atoms with Crippen LogP contribution in [-0.4, -0.2) is 58.9 Å². The molecule has 1 aliphatic rings. The van der Waals surface area contributed by atoms with Crippen molar-refractivity contribution in [1.29, 1.82) is 0 Å². The molecule has 1 aliphatic heterocycles. The van der Waals surface area contributed by atoms with Crippen molar-refractivity contribution < 1.29 is 9.90 Å². The molecule has 0 aromatic heterocycles. The molecular weight excluding hydrogens is 376 g/mol. The zero-order chi connectivity index (χ0) is 13.8. The van der Waals surface area contributed by atoms with E-state index in [0.29, 0.717) is 18.7 Å². The number of amides is 1. The molecule has 19 heavy (non-hydrogen) atoms. The lowest BCUT2D eigenvalue weighted by Gasteiger charge is -2.34. The van der Waals surface area contributed by atoms with Crippen LogP contribution in [-0.2, 0) is 0 Å². The summed E-state index contributed by atoms with van der Waals surface area (Å²) in [7, 11) is 0. The van der Waals surface area contributed by atoms with Crippen molar-refractivity contribution in [2.45, 2.75) is 0 Å². The fourth-order valence-electron chi connectivity index (χ4n) is 2.15. The van der Waals surface area contributed by atoms with Crippen LogP contribution in [0.25, 0.3) is 0 Å². The monoisotopic (exact) mass is 390 g/mol. The Morgan fingerprint density at radius 1 is 1.26 bits per heavy atom. The van der Waals surface area contributed by atoms with Gasteiger partial charge < -0.3 is 10.0 Å². The minimum atomic E-state index is -0.0940. The number of hydrogen-bond acceptors (Lipinski definition) is 3. The first-order chi connectivity index (χ1) is 9.11. The quantitative estimate of drug-likeness (QED) is 0.804. The molecule has 1 aromatic rings. The van der Waals surface area contributed by atoms with Crippen LogP contribution in [0.2, 0.25) is 0 Å². The van der Waals surface area contributed by atoms with Crippen LogP contribution in [0.5, 0.6) is 5.75 Å². The highest BCUT2D eigenvalue weighted by Gasteiger charge is 2.23. The van der Waals surface area contributed by atoms with Gasteiger partial charge in [0.1, 0.15) is 5.75 Å². The van der Waals surface area contributed by atoms with E-state index in [4.69, 9.17) is 0 Å². The van der Waals surface area contributed by atoms with E-state index in [2.05, 4.69) is 36.8 Å². The van der Waals surface area contributed by atoms with E-state index < -0.39 is 0 Å². The van der Waals surface area contributed by atoms with Gasteiger partial charge in [-0.25, -0.2) is 0 Å². The van der Waals surface area contributed by atoms with E-state index in [-0.39, 0.29) is 11.7 Å². The molecular formula is C13H16Br2N2O2. The van der Waals surface area contributed by atoms with Crippen LogP contribution in [0, 0.1) is 0 Å². The van der Waals surface area contributed by atoms with Crippen molar-refractivity contribution in [3.05, 3.63) is 28.2 Å². The number of carbonyl (C=O) groups is 1. The van der Waals surface area contributed by atoms with Gasteiger partial charge in [-0.1, -0.05) is 31.9 Å². The maximum absolute atomic E-state index is 12.3. The Balaban J connectivity index is 2.01. The number of nitrogens with zero attached hydrogens (tertiary/aromatic N) is 2. The first-order valence-corrected chi connectivity index (χ1v) is 8.09. The van der Waals surface area contributed by atoms with Crippen molar-refractivity contribution in [1.82, 2.24) is 9.80 Å². The highest BCUT2D eigenvalue weighted by molar-refractivity contribution is 9.10. The molecule has 1 heterocycles. The maximum Gasteiger partial charge on any atom is 0.257 e. The third kappa shape index (κ3) is 3.70. The SMILES string of the molecule is O=C(c1ccc(Br)cc1O)N1CCN(CCBr)CC1. The number of halogens is 2. The lowest BCUT2D eigenvalue weighted by molar-refractivity contribution is 0.0642. The van der Waals surface area contributed by atoms with Crippen molar-refractivity contribution in [3.63, 3.8) is 0 Å². The molecule has 1 N–H and O–H groups in total. The molecule has 0 aliphatic carbocycles. The second-order valence-electron chi connectivity index (χ2n) is 4.48. The number of carbonyl (C=O) groups excluding carboxylic acids is 1. The Labute approximate surface area is 129 Å².